The molecule has 0 radical (unpaired) electrons. The topological polar surface area (TPSA) is 69.5 Å². The lowest BCUT2D eigenvalue weighted by molar-refractivity contribution is 0.0659. The van der Waals surface area contributed by atoms with Crippen molar-refractivity contribution in [3.8, 4) is 11.5 Å². The van der Waals surface area contributed by atoms with Gasteiger partial charge >= 0.3 is 0 Å². The third-order valence-electron chi connectivity index (χ3n) is 5.18. The number of likely N-dealkylation sites (tertiary alicyclic amines) is 1. The Morgan fingerprint density at radius 3 is 2.85 bits per heavy atom. The van der Waals surface area contributed by atoms with Crippen molar-refractivity contribution in [1.29, 1.82) is 0 Å². The third kappa shape index (κ3) is 3.77. The summed E-state index contributed by atoms with van der Waals surface area (Å²) >= 11 is 0. The first-order valence-electron chi connectivity index (χ1n) is 9.50. The summed E-state index contributed by atoms with van der Waals surface area (Å²) < 4.78 is 12.6. The number of hydrogen-bond donors (Lipinski definition) is 0. The van der Waals surface area contributed by atoms with Crippen LogP contribution in [0.15, 0.2) is 24.4 Å². The van der Waals surface area contributed by atoms with Crippen molar-refractivity contribution in [3.05, 3.63) is 35.7 Å². The van der Waals surface area contributed by atoms with Gasteiger partial charge in [0.1, 0.15) is 0 Å². The minimum absolute atomic E-state index is 0.00777. The Kier molecular flexibility index (Phi) is 4.53. The molecular formula is C20H26N4O3. The number of rotatable bonds is 3. The zero-order valence-electron chi connectivity index (χ0n) is 16.1. The SMILES string of the molecule is CC(C)(C)c1cn(C[C@@H]2CCCN(C(=O)c3ccc4c(c3)OCO4)C2)nn1. The normalized spacial score (nSPS) is 19.4. The molecular weight excluding hydrogens is 344 g/mol. The van der Waals surface area contributed by atoms with Gasteiger partial charge in [-0.1, -0.05) is 26.0 Å². The van der Waals surface area contributed by atoms with E-state index in [4.69, 9.17) is 9.47 Å². The minimum atomic E-state index is -0.00777. The van der Waals surface area contributed by atoms with Crippen molar-refractivity contribution in [2.24, 2.45) is 5.92 Å². The Morgan fingerprint density at radius 1 is 1.26 bits per heavy atom. The minimum Gasteiger partial charge on any atom is -0.454 e. The van der Waals surface area contributed by atoms with Gasteiger partial charge < -0.3 is 14.4 Å². The number of carbonyl (C=O) groups excluding carboxylic acids is 1. The molecule has 0 aliphatic carbocycles. The van der Waals surface area contributed by atoms with Crippen molar-refractivity contribution in [3.63, 3.8) is 0 Å². The van der Waals surface area contributed by atoms with Crippen LogP contribution in [0.3, 0.4) is 0 Å². The van der Waals surface area contributed by atoms with Crippen molar-refractivity contribution in [2.45, 2.75) is 45.6 Å². The standard InChI is InChI=1S/C20H26N4O3/c1-20(2,3)18-12-24(22-21-18)11-14-5-4-8-23(10-14)19(25)15-6-7-16-17(9-15)27-13-26-16/h6-7,9,12,14H,4-5,8,10-11,13H2,1-3H3/t14-/m1/s1. The van der Waals surface area contributed by atoms with Gasteiger partial charge in [-0.15, -0.1) is 5.10 Å². The Balaban J connectivity index is 1.42. The summed E-state index contributed by atoms with van der Waals surface area (Å²) in [5.74, 6) is 1.77. The van der Waals surface area contributed by atoms with Gasteiger partial charge in [-0.05, 0) is 37.0 Å². The molecule has 0 N–H and O–H groups in total. The van der Waals surface area contributed by atoms with Gasteiger partial charge in [0.2, 0.25) is 6.79 Å². The maximum Gasteiger partial charge on any atom is 0.254 e. The molecule has 7 nitrogen and oxygen atoms in total. The quantitative estimate of drug-likeness (QED) is 0.831. The van der Waals surface area contributed by atoms with Gasteiger partial charge in [0.25, 0.3) is 5.91 Å². The van der Waals surface area contributed by atoms with E-state index >= 15 is 0 Å². The van der Waals surface area contributed by atoms with Crippen LogP contribution in [-0.4, -0.2) is 45.7 Å². The molecule has 7 heteroatoms. The highest BCUT2D eigenvalue weighted by molar-refractivity contribution is 5.95. The highest BCUT2D eigenvalue weighted by Gasteiger charge is 2.27. The summed E-state index contributed by atoms with van der Waals surface area (Å²) in [5, 5.41) is 8.57. The monoisotopic (exact) mass is 370 g/mol. The van der Waals surface area contributed by atoms with E-state index in [1.54, 1.807) is 12.1 Å². The van der Waals surface area contributed by atoms with E-state index in [-0.39, 0.29) is 18.1 Å². The summed E-state index contributed by atoms with van der Waals surface area (Å²) in [6.45, 7) is 8.92. The summed E-state index contributed by atoms with van der Waals surface area (Å²) in [7, 11) is 0. The number of ether oxygens (including phenoxy) is 2. The molecule has 2 aliphatic rings. The number of benzene rings is 1. The van der Waals surface area contributed by atoms with Crippen LogP contribution in [0.5, 0.6) is 11.5 Å². The molecule has 1 aromatic carbocycles. The average molecular weight is 370 g/mol. The molecule has 2 aliphatic heterocycles. The molecule has 1 atom stereocenters. The maximum atomic E-state index is 12.9. The van der Waals surface area contributed by atoms with Gasteiger partial charge in [0, 0.05) is 36.8 Å². The van der Waals surface area contributed by atoms with Crippen LogP contribution in [0, 0.1) is 5.92 Å². The Hall–Kier alpha value is -2.57. The lowest BCUT2D eigenvalue weighted by Crippen LogP contribution is -2.41. The fourth-order valence-electron chi connectivity index (χ4n) is 3.61. The third-order valence-corrected chi connectivity index (χ3v) is 5.18. The molecule has 1 aromatic heterocycles. The van der Waals surface area contributed by atoms with Gasteiger partial charge in [0.05, 0.1) is 5.69 Å². The first-order chi connectivity index (χ1) is 12.9. The fourth-order valence-corrected chi connectivity index (χ4v) is 3.61. The number of fused-ring (bicyclic) bond motifs is 1. The molecule has 3 heterocycles. The van der Waals surface area contributed by atoms with E-state index < -0.39 is 0 Å². The van der Waals surface area contributed by atoms with Crippen molar-refractivity contribution in [1.82, 2.24) is 19.9 Å². The summed E-state index contributed by atoms with van der Waals surface area (Å²) in [5.41, 5.74) is 1.63. The molecule has 144 valence electrons. The zero-order valence-corrected chi connectivity index (χ0v) is 16.1. The molecule has 1 fully saturated rings. The predicted molar refractivity (Wildman–Crippen MR) is 99.9 cm³/mol. The summed E-state index contributed by atoms with van der Waals surface area (Å²) in [4.78, 5) is 14.9. The zero-order chi connectivity index (χ0) is 19.0. The van der Waals surface area contributed by atoms with E-state index in [9.17, 15) is 4.79 Å². The molecule has 2 aromatic rings. The van der Waals surface area contributed by atoms with Crippen LogP contribution in [0.25, 0.3) is 0 Å². The van der Waals surface area contributed by atoms with Gasteiger partial charge in [-0.25, -0.2) is 0 Å². The first-order valence-corrected chi connectivity index (χ1v) is 9.50. The second-order valence-electron chi connectivity index (χ2n) is 8.40. The van der Waals surface area contributed by atoms with E-state index in [1.807, 2.05) is 21.8 Å². The largest absolute Gasteiger partial charge is 0.454 e. The van der Waals surface area contributed by atoms with Gasteiger partial charge in [-0.3, -0.25) is 9.48 Å². The second-order valence-corrected chi connectivity index (χ2v) is 8.40. The van der Waals surface area contributed by atoms with Crippen LogP contribution in [0.4, 0.5) is 0 Å². The van der Waals surface area contributed by atoms with E-state index in [0.29, 0.717) is 23.0 Å². The van der Waals surface area contributed by atoms with Crippen molar-refractivity contribution < 1.29 is 14.3 Å². The number of aromatic nitrogens is 3. The molecule has 0 saturated carbocycles. The van der Waals surface area contributed by atoms with Crippen LogP contribution in [0.1, 0.15) is 49.7 Å². The van der Waals surface area contributed by atoms with Crippen LogP contribution < -0.4 is 9.47 Å². The second kappa shape index (κ2) is 6.87. The van der Waals surface area contributed by atoms with Crippen molar-refractivity contribution >= 4 is 5.91 Å². The highest BCUT2D eigenvalue weighted by Crippen LogP contribution is 2.33. The number of amides is 1. The predicted octanol–water partition coefficient (Wildman–Crippen LogP) is 2.86. The Morgan fingerprint density at radius 2 is 2.07 bits per heavy atom. The molecule has 4 rings (SSSR count). The molecule has 27 heavy (non-hydrogen) atoms. The fraction of sp³-hybridized carbons (Fsp3) is 0.550. The lowest BCUT2D eigenvalue weighted by Gasteiger charge is -2.32. The summed E-state index contributed by atoms with van der Waals surface area (Å²) in [6, 6.07) is 5.40. The molecule has 0 spiro atoms. The summed E-state index contributed by atoms with van der Waals surface area (Å²) in [6.07, 6.45) is 4.12. The smallest absolute Gasteiger partial charge is 0.254 e. The van der Waals surface area contributed by atoms with Crippen LogP contribution >= 0.6 is 0 Å². The molecule has 0 unspecified atom stereocenters. The Labute approximate surface area is 159 Å². The van der Waals surface area contributed by atoms with Crippen LogP contribution in [-0.2, 0) is 12.0 Å². The average Bonchev–Trinajstić information content (AvgIpc) is 3.29. The lowest BCUT2D eigenvalue weighted by atomic mass is 9.93. The van der Waals surface area contributed by atoms with Crippen LogP contribution in [0.2, 0.25) is 0 Å². The number of hydrogen-bond acceptors (Lipinski definition) is 5. The van der Waals surface area contributed by atoms with Crippen molar-refractivity contribution in [2.75, 3.05) is 19.9 Å². The van der Waals surface area contributed by atoms with E-state index in [2.05, 4.69) is 31.1 Å². The first kappa shape index (κ1) is 17.8. The van der Waals surface area contributed by atoms with E-state index in [0.717, 1.165) is 38.2 Å². The molecule has 1 amide bonds. The number of nitrogens with zero attached hydrogens (tertiary/aromatic N) is 4. The maximum absolute atomic E-state index is 12.9. The number of carbonyl (C=O) groups is 1. The van der Waals surface area contributed by atoms with Gasteiger partial charge in [-0.2, -0.15) is 0 Å². The number of piperidine rings is 1. The molecule has 0 bridgehead atoms. The van der Waals surface area contributed by atoms with Gasteiger partial charge in [0.15, 0.2) is 11.5 Å². The molecule has 1 saturated heterocycles. The highest BCUT2D eigenvalue weighted by atomic mass is 16.7. The Bertz CT molecular complexity index is 840. The van der Waals surface area contributed by atoms with E-state index in [1.165, 1.54) is 0 Å².